The van der Waals surface area contributed by atoms with E-state index in [0.29, 0.717) is 19.4 Å². The summed E-state index contributed by atoms with van der Waals surface area (Å²) in [6, 6.07) is 17.8. The predicted octanol–water partition coefficient (Wildman–Crippen LogP) is 4.00. The van der Waals surface area contributed by atoms with Crippen molar-refractivity contribution < 1.29 is 4.74 Å². The molecular weight excluding hydrogens is 348 g/mol. The van der Waals surface area contributed by atoms with Gasteiger partial charge in [0.2, 0.25) is 0 Å². The standard InChI is InChI=1S/C23H26N4O/c1-17-14-26(12-11-25(17)2)19-7-9-20(10-8-19)27-16-28-15-18-13-24-22-6-4-3-5-21(22)23(18)27/h3-10,13,17H,11-12,14-16H2,1-2H3. The Morgan fingerprint density at radius 2 is 1.79 bits per heavy atom. The van der Waals surface area contributed by atoms with Crippen molar-refractivity contribution >= 4 is 28.0 Å². The molecule has 2 aliphatic heterocycles. The Morgan fingerprint density at radius 1 is 1.00 bits per heavy atom. The van der Waals surface area contributed by atoms with Crippen molar-refractivity contribution in [2.75, 3.05) is 43.2 Å². The Kier molecular flexibility index (Phi) is 4.41. The minimum Gasteiger partial charge on any atom is -0.369 e. The maximum absolute atomic E-state index is 5.85. The van der Waals surface area contributed by atoms with Gasteiger partial charge in [0, 0.05) is 54.2 Å². The number of nitrogens with zero attached hydrogens (tertiary/aromatic N) is 4. The lowest BCUT2D eigenvalue weighted by atomic mass is 10.1. The van der Waals surface area contributed by atoms with Gasteiger partial charge in [0.25, 0.3) is 0 Å². The molecule has 3 heterocycles. The second-order valence-corrected chi connectivity index (χ2v) is 7.85. The van der Waals surface area contributed by atoms with Crippen molar-refractivity contribution in [3.63, 3.8) is 0 Å². The molecule has 0 aliphatic carbocycles. The van der Waals surface area contributed by atoms with Gasteiger partial charge >= 0.3 is 0 Å². The van der Waals surface area contributed by atoms with E-state index in [1.807, 2.05) is 12.3 Å². The van der Waals surface area contributed by atoms with Crippen LogP contribution in [-0.4, -0.2) is 49.3 Å². The summed E-state index contributed by atoms with van der Waals surface area (Å²) in [7, 11) is 2.21. The molecule has 1 atom stereocenters. The number of para-hydroxylation sites is 1. The van der Waals surface area contributed by atoms with Gasteiger partial charge in [-0.2, -0.15) is 0 Å². The summed E-state index contributed by atoms with van der Waals surface area (Å²) in [5.74, 6) is 0. The van der Waals surface area contributed by atoms with Gasteiger partial charge < -0.3 is 19.4 Å². The molecule has 1 fully saturated rings. The van der Waals surface area contributed by atoms with Gasteiger partial charge in [-0.15, -0.1) is 0 Å². The van der Waals surface area contributed by atoms with E-state index in [2.05, 4.69) is 76.1 Å². The smallest absolute Gasteiger partial charge is 0.123 e. The zero-order valence-corrected chi connectivity index (χ0v) is 16.5. The number of benzene rings is 2. The van der Waals surface area contributed by atoms with Crippen LogP contribution in [0.2, 0.25) is 0 Å². The zero-order chi connectivity index (χ0) is 19.1. The Labute approximate surface area is 166 Å². The lowest BCUT2D eigenvalue weighted by molar-refractivity contribution is 0.117. The molecule has 1 saturated heterocycles. The van der Waals surface area contributed by atoms with Crippen LogP contribution in [-0.2, 0) is 11.3 Å². The third-order valence-electron chi connectivity index (χ3n) is 6.06. The molecule has 144 valence electrons. The Balaban J connectivity index is 1.47. The SMILES string of the molecule is CC1CN(c2ccc(N3COCc4cnc5ccccc5c43)cc2)CCN1C. The molecule has 0 saturated carbocycles. The van der Waals surface area contributed by atoms with E-state index in [9.17, 15) is 0 Å². The van der Waals surface area contributed by atoms with E-state index >= 15 is 0 Å². The summed E-state index contributed by atoms with van der Waals surface area (Å²) in [4.78, 5) is 11.8. The van der Waals surface area contributed by atoms with Crippen LogP contribution in [0.1, 0.15) is 12.5 Å². The number of aromatic nitrogens is 1. The van der Waals surface area contributed by atoms with E-state index in [0.717, 1.165) is 36.4 Å². The lowest BCUT2D eigenvalue weighted by Crippen LogP contribution is -2.50. The molecule has 0 radical (unpaired) electrons. The number of likely N-dealkylation sites (N-methyl/N-ethyl adjacent to an activating group) is 1. The number of hydrogen-bond donors (Lipinski definition) is 0. The highest BCUT2D eigenvalue weighted by Gasteiger charge is 2.23. The molecule has 5 nitrogen and oxygen atoms in total. The topological polar surface area (TPSA) is 31.8 Å². The average molecular weight is 374 g/mol. The summed E-state index contributed by atoms with van der Waals surface area (Å²) < 4.78 is 5.85. The minimum atomic E-state index is 0.561. The molecule has 28 heavy (non-hydrogen) atoms. The fraction of sp³-hybridized carbons (Fsp3) is 0.348. The van der Waals surface area contributed by atoms with Crippen LogP contribution in [0.15, 0.2) is 54.7 Å². The molecule has 1 unspecified atom stereocenters. The van der Waals surface area contributed by atoms with Gasteiger partial charge in [0.15, 0.2) is 0 Å². The second kappa shape index (κ2) is 7.08. The van der Waals surface area contributed by atoms with E-state index < -0.39 is 0 Å². The molecule has 3 aromatic rings. The molecule has 5 heteroatoms. The highest BCUT2D eigenvalue weighted by Crippen LogP contribution is 2.38. The van der Waals surface area contributed by atoms with Crippen LogP contribution in [0.3, 0.4) is 0 Å². The Bertz CT molecular complexity index is 988. The highest BCUT2D eigenvalue weighted by atomic mass is 16.5. The van der Waals surface area contributed by atoms with Gasteiger partial charge in [0.05, 0.1) is 17.8 Å². The lowest BCUT2D eigenvalue weighted by Gasteiger charge is -2.39. The van der Waals surface area contributed by atoms with E-state index in [1.54, 1.807) is 0 Å². The summed E-state index contributed by atoms with van der Waals surface area (Å²) >= 11 is 0. The van der Waals surface area contributed by atoms with Gasteiger partial charge in [-0.05, 0) is 44.3 Å². The van der Waals surface area contributed by atoms with Crippen molar-refractivity contribution in [3.8, 4) is 0 Å². The maximum atomic E-state index is 5.85. The summed E-state index contributed by atoms with van der Waals surface area (Å²) in [5, 5.41) is 1.18. The maximum Gasteiger partial charge on any atom is 0.123 e. The molecule has 0 N–H and O–H groups in total. The predicted molar refractivity (Wildman–Crippen MR) is 114 cm³/mol. The molecule has 5 rings (SSSR count). The molecule has 0 bridgehead atoms. The average Bonchev–Trinajstić information content (AvgIpc) is 2.75. The second-order valence-electron chi connectivity index (χ2n) is 7.85. The summed E-state index contributed by atoms with van der Waals surface area (Å²) in [6.45, 7) is 6.72. The minimum absolute atomic E-state index is 0.561. The van der Waals surface area contributed by atoms with Gasteiger partial charge in [0.1, 0.15) is 6.73 Å². The number of piperazine rings is 1. The fourth-order valence-electron chi connectivity index (χ4n) is 4.23. The van der Waals surface area contributed by atoms with Crippen LogP contribution in [0.5, 0.6) is 0 Å². The van der Waals surface area contributed by atoms with Gasteiger partial charge in [-0.25, -0.2) is 0 Å². The van der Waals surface area contributed by atoms with E-state index in [1.165, 1.54) is 16.8 Å². The normalized spacial score (nSPS) is 20.4. The van der Waals surface area contributed by atoms with Gasteiger partial charge in [-0.3, -0.25) is 4.98 Å². The van der Waals surface area contributed by atoms with Crippen molar-refractivity contribution in [2.45, 2.75) is 19.6 Å². The Morgan fingerprint density at radius 3 is 2.61 bits per heavy atom. The largest absolute Gasteiger partial charge is 0.369 e. The fourth-order valence-corrected chi connectivity index (χ4v) is 4.23. The van der Waals surface area contributed by atoms with Crippen LogP contribution in [0.4, 0.5) is 17.1 Å². The third kappa shape index (κ3) is 3.01. The quantitative estimate of drug-likeness (QED) is 0.677. The van der Waals surface area contributed by atoms with Crippen molar-refractivity contribution in [2.24, 2.45) is 0 Å². The monoisotopic (exact) mass is 374 g/mol. The van der Waals surface area contributed by atoms with Crippen molar-refractivity contribution in [1.82, 2.24) is 9.88 Å². The van der Waals surface area contributed by atoms with Crippen LogP contribution in [0, 0.1) is 0 Å². The number of anilines is 3. The molecular formula is C23H26N4O. The molecule has 2 aromatic carbocycles. The molecule has 0 amide bonds. The number of rotatable bonds is 2. The Hall–Kier alpha value is -2.63. The van der Waals surface area contributed by atoms with Crippen molar-refractivity contribution in [1.29, 1.82) is 0 Å². The number of pyridine rings is 1. The molecule has 0 spiro atoms. The molecule has 1 aromatic heterocycles. The van der Waals surface area contributed by atoms with Crippen LogP contribution >= 0.6 is 0 Å². The summed E-state index contributed by atoms with van der Waals surface area (Å²) in [5.41, 5.74) is 5.83. The van der Waals surface area contributed by atoms with E-state index in [-0.39, 0.29) is 0 Å². The first-order chi connectivity index (χ1) is 13.7. The van der Waals surface area contributed by atoms with Gasteiger partial charge in [-0.1, -0.05) is 18.2 Å². The first-order valence-corrected chi connectivity index (χ1v) is 9.98. The first kappa shape index (κ1) is 17.5. The highest BCUT2D eigenvalue weighted by molar-refractivity contribution is 5.95. The first-order valence-electron chi connectivity index (χ1n) is 9.98. The number of fused-ring (bicyclic) bond motifs is 3. The number of ether oxygens (including phenoxy) is 1. The van der Waals surface area contributed by atoms with Crippen LogP contribution < -0.4 is 9.80 Å². The third-order valence-corrected chi connectivity index (χ3v) is 6.06. The number of hydrogen-bond acceptors (Lipinski definition) is 5. The summed E-state index contributed by atoms with van der Waals surface area (Å²) in [6.07, 6.45) is 1.95. The van der Waals surface area contributed by atoms with E-state index in [4.69, 9.17) is 4.74 Å². The molecule has 2 aliphatic rings. The zero-order valence-electron chi connectivity index (χ0n) is 16.5. The van der Waals surface area contributed by atoms with Crippen molar-refractivity contribution in [3.05, 3.63) is 60.3 Å². The van der Waals surface area contributed by atoms with Crippen LogP contribution in [0.25, 0.3) is 10.9 Å².